The third-order valence-electron chi connectivity index (χ3n) is 8.89. The number of aliphatic hydroxyl groups excluding tert-OH is 1. The lowest BCUT2D eigenvalue weighted by Gasteiger charge is -2.47. The third kappa shape index (κ3) is 5.27. The fourth-order valence-corrected chi connectivity index (χ4v) is 6.70. The molecule has 3 aromatic rings. The summed E-state index contributed by atoms with van der Waals surface area (Å²) in [6.45, 7) is -0.363. The molecule has 0 bridgehead atoms. The van der Waals surface area contributed by atoms with Crippen LogP contribution < -0.4 is 10.6 Å². The summed E-state index contributed by atoms with van der Waals surface area (Å²) in [7, 11) is 0. The molecule has 234 valence electrons. The van der Waals surface area contributed by atoms with E-state index in [1.54, 1.807) is 6.07 Å². The quantitative estimate of drug-likeness (QED) is 0.297. The van der Waals surface area contributed by atoms with E-state index < -0.39 is 71.3 Å². The number of alkyl halides is 3. The molecular weight excluding hydrogens is 606 g/mol. The molecule has 15 heteroatoms. The van der Waals surface area contributed by atoms with Crippen LogP contribution in [0.3, 0.4) is 0 Å². The van der Waals surface area contributed by atoms with E-state index in [4.69, 9.17) is 0 Å². The Bertz CT molecular complexity index is 1780. The zero-order chi connectivity index (χ0) is 32.4. The zero-order valence-corrected chi connectivity index (χ0v) is 23.4. The summed E-state index contributed by atoms with van der Waals surface area (Å²) < 4.78 is 83.4. The van der Waals surface area contributed by atoms with E-state index in [0.717, 1.165) is 0 Å². The molecule has 0 saturated carbocycles. The highest BCUT2D eigenvalue weighted by atomic mass is 19.4. The first-order valence-electron chi connectivity index (χ1n) is 13.9. The molecule has 5 atom stereocenters. The number of carbonyl (C=O) groups excluding carboxylic acids is 2. The number of pyridine rings is 2. The summed E-state index contributed by atoms with van der Waals surface area (Å²) in [6.07, 6.45) is -4.17. The molecule has 0 radical (unpaired) electrons. The number of rotatable bonds is 4. The van der Waals surface area contributed by atoms with Crippen LogP contribution >= 0.6 is 0 Å². The Labute approximate surface area is 251 Å². The molecule has 2 amide bonds. The Morgan fingerprint density at radius 3 is 2.64 bits per heavy atom. The summed E-state index contributed by atoms with van der Waals surface area (Å²) in [4.78, 5) is 35.6. The van der Waals surface area contributed by atoms with Crippen LogP contribution in [0.15, 0.2) is 36.7 Å². The van der Waals surface area contributed by atoms with Crippen LogP contribution in [0.1, 0.15) is 57.6 Å². The Morgan fingerprint density at radius 1 is 1.18 bits per heavy atom. The van der Waals surface area contributed by atoms with Gasteiger partial charge in [0.15, 0.2) is 11.6 Å². The van der Waals surface area contributed by atoms with E-state index in [0.29, 0.717) is 39.7 Å². The number of fused-ring (bicyclic) bond motifs is 3. The van der Waals surface area contributed by atoms with Gasteiger partial charge in [-0.15, -0.1) is 0 Å². The zero-order valence-electron chi connectivity index (χ0n) is 23.4. The Morgan fingerprint density at radius 2 is 1.93 bits per heavy atom. The highest BCUT2D eigenvalue weighted by Crippen LogP contribution is 2.46. The molecule has 1 aliphatic carbocycles. The molecule has 1 unspecified atom stereocenters. The van der Waals surface area contributed by atoms with Crippen molar-refractivity contribution in [2.45, 2.75) is 62.0 Å². The van der Waals surface area contributed by atoms with Gasteiger partial charge in [-0.25, -0.2) is 18.2 Å². The van der Waals surface area contributed by atoms with Crippen LogP contribution in [0, 0.1) is 28.8 Å². The second kappa shape index (κ2) is 10.8. The summed E-state index contributed by atoms with van der Waals surface area (Å²) in [5, 5.41) is 25.5. The highest BCUT2D eigenvalue weighted by Gasteiger charge is 2.52. The smallest absolute Gasteiger partial charge is 0.376 e. The van der Waals surface area contributed by atoms with Crippen molar-refractivity contribution in [1.82, 2.24) is 20.2 Å². The number of nitrogens with one attached hydrogen (secondary N) is 2. The van der Waals surface area contributed by atoms with Crippen LogP contribution in [0.25, 0.3) is 0 Å². The Balaban J connectivity index is 1.28. The van der Waals surface area contributed by atoms with Gasteiger partial charge in [0.25, 0.3) is 5.91 Å². The molecule has 45 heavy (non-hydrogen) atoms. The molecule has 3 N–H and O–H groups in total. The van der Waals surface area contributed by atoms with Crippen molar-refractivity contribution >= 4 is 17.6 Å². The number of likely N-dealkylation sites (tertiary alicyclic amines) is 1. The van der Waals surface area contributed by atoms with Crippen LogP contribution in [0.4, 0.5) is 32.2 Å². The normalized spacial score (nSPS) is 25.9. The van der Waals surface area contributed by atoms with Crippen LogP contribution in [0.2, 0.25) is 0 Å². The van der Waals surface area contributed by atoms with Crippen molar-refractivity contribution in [2.24, 2.45) is 0 Å². The minimum absolute atomic E-state index is 0.0268. The van der Waals surface area contributed by atoms with Gasteiger partial charge in [0.2, 0.25) is 5.91 Å². The standard InChI is InChI=1S/C30H24F6N6O3/c1-13-18(19-4-17(31)5-21(32)24(19)33)6-22(27(44)42(13)12-30(34,35)36)40-26(43)16-3-15-7-29(8-23(15)38-11-16)20-2-14(9-37)10-39-25(20)41-28(29)45/h2-5,10-11,13,18,22,27,44H,6-8,12H2,1H3,(H,40,43)(H,39,41,45)/t13-,18-,22+,27?,29+/m1/s1. The average Bonchev–Trinajstić information content (AvgIpc) is 3.50. The first-order chi connectivity index (χ1) is 21.2. The number of carbonyl (C=O) groups is 2. The van der Waals surface area contributed by atoms with Gasteiger partial charge >= 0.3 is 6.18 Å². The van der Waals surface area contributed by atoms with E-state index in [1.807, 2.05) is 6.07 Å². The lowest BCUT2D eigenvalue weighted by molar-refractivity contribution is -0.187. The predicted octanol–water partition coefficient (Wildman–Crippen LogP) is 3.61. The molecule has 3 aliphatic rings. The SMILES string of the molecule is C[C@@H]1[C@H](c2cc(F)cc(F)c2F)C[C@H](NC(=O)c2cnc3c(c2)C[C@@]2(C3)C(=O)Nc3ncc(C#N)cc32)C(O)N1CC(F)(F)F. The fraction of sp³-hybridized carbons (Fsp3) is 0.367. The van der Waals surface area contributed by atoms with Crippen molar-refractivity contribution in [3.63, 3.8) is 0 Å². The summed E-state index contributed by atoms with van der Waals surface area (Å²) in [5.41, 5.74) is 0.182. The number of aliphatic hydroxyl groups is 1. The van der Waals surface area contributed by atoms with Gasteiger partial charge < -0.3 is 15.7 Å². The first-order valence-corrected chi connectivity index (χ1v) is 13.9. The van der Waals surface area contributed by atoms with Gasteiger partial charge in [0.1, 0.15) is 23.9 Å². The van der Waals surface area contributed by atoms with Crippen LogP contribution in [0.5, 0.6) is 0 Å². The fourth-order valence-electron chi connectivity index (χ4n) is 6.70. The summed E-state index contributed by atoms with van der Waals surface area (Å²) in [5.74, 6) is -6.19. The molecule has 1 aromatic carbocycles. The molecule has 2 aromatic heterocycles. The van der Waals surface area contributed by atoms with Gasteiger partial charge in [-0.2, -0.15) is 18.4 Å². The molecular formula is C30H24F6N6O3. The van der Waals surface area contributed by atoms with Crippen LogP contribution in [-0.2, 0) is 23.1 Å². The van der Waals surface area contributed by atoms with E-state index in [-0.39, 0.29) is 36.3 Å². The van der Waals surface area contributed by atoms with Crippen LogP contribution in [-0.4, -0.2) is 62.8 Å². The maximum absolute atomic E-state index is 14.8. The molecule has 6 rings (SSSR count). The Hall–Kier alpha value is -4.55. The monoisotopic (exact) mass is 630 g/mol. The first kappa shape index (κ1) is 30.5. The molecule has 1 saturated heterocycles. The van der Waals surface area contributed by atoms with E-state index in [9.17, 15) is 46.3 Å². The minimum Gasteiger partial charge on any atom is -0.376 e. The lowest BCUT2D eigenvalue weighted by atomic mass is 9.79. The van der Waals surface area contributed by atoms with Gasteiger partial charge in [0.05, 0.1) is 29.1 Å². The molecule has 1 fully saturated rings. The highest BCUT2D eigenvalue weighted by molar-refractivity contribution is 6.06. The van der Waals surface area contributed by atoms with Gasteiger partial charge in [-0.3, -0.25) is 19.5 Å². The minimum atomic E-state index is -4.80. The number of benzene rings is 1. The number of piperidine rings is 1. The Kier molecular flexibility index (Phi) is 7.32. The maximum atomic E-state index is 14.8. The van der Waals surface area contributed by atoms with E-state index >= 15 is 0 Å². The van der Waals surface area contributed by atoms with Crippen molar-refractivity contribution in [3.05, 3.63) is 87.6 Å². The molecule has 2 aliphatic heterocycles. The largest absolute Gasteiger partial charge is 0.401 e. The molecule has 9 nitrogen and oxygen atoms in total. The summed E-state index contributed by atoms with van der Waals surface area (Å²) in [6, 6.07) is 3.41. The second-order valence-electron chi connectivity index (χ2n) is 11.6. The lowest BCUT2D eigenvalue weighted by Crippen LogP contribution is -2.62. The number of hydrogen-bond acceptors (Lipinski definition) is 7. The number of halogens is 6. The number of nitriles is 1. The number of amides is 2. The van der Waals surface area contributed by atoms with Crippen molar-refractivity contribution in [2.75, 3.05) is 11.9 Å². The van der Waals surface area contributed by atoms with Crippen molar-refractivity contribution < 1.29 is 41.0 Å². The van der Waals surface area contributed by atoms with Gasteiger partial charge in [0, 0.05) is 48.1 Å². The second-order valence-corrected chi connectivity index (χ2v) is 11.6. The number of nitrogens with zero attached hydrogens (tertiary/aromatic N) is 4. The topological polar surface area (TPSA) is 131 Å². The maximum Gasteiger partial charge on any atom is 0.401 e. The van der Waals surface area contributed by atoms with Gasteiger partial charge in [-0.05, 0) is 49.1 Å². The molecule has 4 heterocycles. The number of anilines is 1. The van der Waals surface area contributed by atoms with E-state index in [1.165, 1.54) is 25.4 Å². The van der Waals surface area contributed by atoms with Crippen molar-refractivity contribution in [3.8, 4) is 6.07 Å². The molecule has 1 spiro atoms. The van der Waals surface area contributed by atoms with Gasteiger partial charge in [-0.1, -0.05) is 0 Å². The van der Waals surface area contributed by atoms with E-state index in [2.05, 4.69) is 20.6 Å². The predicted molar refractivity (Wildman–Crippen MR) is 144 cm³/mol. The average molecular weight is 631 g/mol. The number of aromatic nitrogens is 2. The third-order valence-corrected chi connectivity index (χ3v) is 8.89. The summed E-state index contributed by atoms with van der Waals surface area (Å²) >= 11 is 0. The number of hydrogen-bond donors (Lipinski definition) is 3. The van der Waals surface area contributed by atoms with Crippen molar-refractivity contribution in [1.29, 1.82) is 5.26 Å².